The second kappa shape index (κ2) is 9.22. The lowest BCUT2D eigenvalue weighted by Gasteiger charge is -2.61. The van der Waals surface area contributed by atoms with Crippen molar-refractivity contribution in [2.75, 3.05) is 13.7 Å². The second-order valence-electron chi connectivity index (χ2n) is 12.7. The third kappa shape index (κ3) is 3.60. The summed E-state index contributed by atoms with van der Waals surface area (Å²) in [6.07, 6.45) is 3.49. The number of imide groups is 1. The van der Waals surface area contributed by atoms with Crippen LogP contribution >= 0.6 is 0 Å². The first kappa shape index (κ1) is 26.9. The summed E-state index contributed by atoms with van der Waals surface area (Å²) >= 11 is 0. The highest BCUT2D eigenvalue weighted by Crippen LogP contribution is 2.68. The number of hydrogen-bond donors (Lipinski definition) is 1. The van der Waals surface area contributed by atoms with Crippen LogP contribution in [0.3, 0.4) is 0 Å². The molecular weight excluding hydrogens is 482 g/mol. The van der Waals surface area contributed by atoms with Crippen molar-refractivity contribution in [3.05, 3.63) is 42.0 Å². The van der Waals surface area contributed by atoms with Gasteiger partial charge in [-0.1, -0.05) is 39.8 Å². The van der Waals surface area contributed by atoms with Gasteiger partial charge in [0.15, 0.2) is 0 Å². The number of rotatable bonds is 3. The van der Waals surface area contributed by atoms with Gasteiger partial charge in [0.2, 0.25) is 0 Å². The Labute approximate surface area is 225 Å². The smallest absolute Gasteiger partial charge is 0.417 e. The third-order valence-corrected chi connectivity index (χ3v) is 11.2. The first-order valence-electron chi connectivity index (χ1n) is 14.0. The van der Waals surface area contributed by atoms with Gasteiger partial charge in [0, 0.05) is 40.8 Å². The zero-order chi connectivity index (χ0) is 27.6. The molecule has 8 atom stereocenters. The molecule has 3 fully saturated rings. The molecule has 1 aliphatic heterocycles. The van der Waals surface area contributed by atoms with Gasteiger partial charge in [-0.05, 0) is 61.5 Å². The lowest BCUT2D eigenvalue weighted by molar-refractivity contribution is -0.192. The number of benzene rings is 1. The van der Waals surface area contributed by atoms with E-state index in [-0.39, 0.29) is 35.5 Å². The van der Waals surface area contributed by atoms with E-state index in [0.29, 0.717) is 30.6 Å². The first-order chi connectivity index (χ1) is 17.9. The number of ether oxygens (including phenoxy) is 2. The molecule has 3 saturated carbocycles. The fraction of sp³-hybridized carbons (Fsp3) is 0.645. The molecule has 1 heterocycles. The van der Waals surface area contributed by atoms with Crippen LogP contribution in [-0.2, 0) is 16.0 Å². The minimum Gasteiger partial charge on any atom is -0.496 e. The van der Waals surface area contributed by atoms with Crippen molar-refractivity contribution >= 4 is 17.8 Å². The quantitative estimate of drug-likeness (QED) is 0.548. The van der Waals surface area contributed by atoms with Crippen LogP contribution in [0.15, 0.2) is 30.9 Å². The van der Waals surface area contributed by atoms with Crippen LogP contribution in [-0.4, -0.2) is 53.7 Å². The number of Topliss-reactive ketones (excluding diaryl/α,β-unsaturated/α-hetero) is 1. The van der Waals surface area contributed by atoms with E-state index in [1.807, 2.05) is 13.0 Å². The highest BCUT2D eigenvalue weighted by atomic mass is 16.6. The predicted molar refractivity (Wildman–Crippen MR) is 143 cm³/mol. The van der Waals surface area contributed by atoms with Crippen molar-refractivity contribution in [2.24, 2.45) is 34.0 Å². The summed E-state index contributed by atoms with van der Waals surface area (Å²) in [4.78, 5) is 41.9. The van der Waals surface area contributed by atoms with E-state index in [4.69, 9.17) is 9.47 Å². The summed E-state index contributed by atoms with van der Waals surface area (Å²) in [6.45, 7) is 12.6. The van der Waals surface area contributed by atoms with E-state index in [9.17, 15) is 19.5 Å². The van der Waals surface area contributed by atoms with Crippen molar-refractivity contribution in [2.45, 2.75) is 78.4 Å². The average molecular weight is 524 g/mol. The molecule has 4 aliphatic rings. The highest BCUT2D eigenvalue weighted by molar-refractivity contribution is 6.05. The topological polar surface area (TPSA) is 93.1 Å². The van der Waals surface area contributed by atoms with Gasteiger partial charge < -0.3 is 14.6 Å². The van der Waals surface area contributed by atoms with Gasteiger partial charge >= 0.3 is 6.09 Å². The van der Waals surface area contributed by atoms with Gasteiger partial charge in [-0.15, -0.1) is 6.58 Å². The zero-order valence-electron chi connectivity index (χ0n) is 23.3. The molecule has 0 aromatic heterocycles. The van der Waals surface area contributed by atoms with Crippen LogP contribution < -0.4 is 4.74 Å². The Kier molecular flexibility index (Phi) is 6.53. The molecule has 38 heavy (non-hydrogen) atoms. The molecule has 1 aromatic carbocycles. The molecule has 2 amide bonds. The fourth-order valence-electron chi connectivity index (χ4n) is 8.55. The summed E-state index contributed by atoms with van der Waals surface area (Å²) in [5.74, 6) is 0.149. The normalized spacial score (nSPS) is 40.5. The molecule has 3 aliphatic carbocycles. The molecule has 1 aromatic rings. The number of amides is 2. The molecule has 7 heteroatoms. The Hall–Kier alpha value is -2.67. The first-order valence-corrected chi connectivity index (χ1v) is 14.0. The average Bonchev–Trinajstić information content (AvgIpc) is 3.27. The van der Waals surface area contributed by atoms with Crippen LogP contribution in [0.4, 0.5) is 4.79 Å². The molecule has 0 radical (unpaired) electrons. The number of ketones is 1. The molecule has 1 unspecified atom stereocenters. The lowest BCUT2D eigenvalue weighted by atomic mass is 9.44. The van der Waals surface area contributed by atoms with E-state index < -0.39 is 35.0 Å². The SMILES string of the molecule is C=C[C@]1(C)C[C@@H](OC(=O)N2CCc3c(OC)cccc3C2=O)[C@@]2(C)C3C(=O)CC[C@@]3(CC[C@H]2C)[C@@H](C)[C@@H]1O. The minimum absolute atomic E-state index is 0.0967. The van der Waals surface area contributed by atoms with Crippen LogP contribution in [0, 0.1) is 34.0 Å². The Morgan fingerprint density at radius 2 is 1.92 bits per heavy atom. The van der Waals surface area contributed by atoms with Crippen molar-refractivity contribution in [3.63, 3.8) is 0 Å². The van der Waals surface area contributed by atoms with Crippen molar-refractivity contribution in [1.29, 1.82) is 0 Å². The van der Waals surface area contributed by atoms with Crippen LogP contribution in [0.25, 0.3) is 0 Å². The number of carbonyl (C=O) groups excluding carboxylic acids is 3. The van der Waals surface area contributed by atoms with Crippen LogP contribution in [0.2, 0.25) is 0 Å². The molecule has 1 N–H and O–H groups in total. The molecule has 206 valence electrons. The molecule has 2 bridgehead atoms. The van der Waals surface area contributed by atoms with Crippen molar-refractivity contribution in [1.82, 2.24) is 4.90 Å². The fourth-order valence-corrected chi connectivity index (χ4v) is 8.55. The lowest BCUT2D eigenvalue weighted by Crippen LogP contribution is -2.63. The van der Waals surface area contributed by atoms with Gasteiger partial charge in [-0.3, -0.25) is 9.59 Å². The summed E-state index contributed by atoms with van der Waals surface area (Å²) in [6, 6.07) is 5.26. The Balaban J connectivity index is 1.54. The minimum atomic E-state index is -0.733. The predicted octanol–water partition coefficient (Wildman–Crippen LogP) is 5.19. The third-order valence-electron chi connectivity index (χ3n) is 11.2. The molecular formula is C31H41NO6. The zero-order valence-corrected chi connectivity index (χ0v) is 23.3. The maximum Gasteiger partial charge on any atom is 0.417 e. The van der Waals surface area contributed by atoms with E-state index in [2.05, 4.69) is 27.4 Å². The van der Waals surface area contributed by atoms with Gasteiger partial charge in [0.1, 0.15) is 17.6 Å². The van der Waals surface area contributed by atoms with E-state index in [1.54, 1.807) is 25.3 Å². The van der Waals surface area contributed by atoms with Gasteiger partial charge in [0.05, 0.1) is 13.2 Å². The standard InChI is InChI=1S/C31H41NO6/c1-7-29(4)17-24(38-28(36)32-16-13-20-21(27(32)35)9-8-10-23(20)37-6)30(5)18(2)11-14-31(19(3)26(29)34)15-12-22(33)25(30)31/h7-10,18-19,24-26,34H,1,11-17H2,2-6H3/t18-,19+,24-,25?,26+,29-,30+,31+/m1/s1. The van der Waals surface area contributed by atoms with E-state index >= 15 is 0 Å². The number of hydrogen-bond acceptors (Lipinski definition) is 6. The monoisotopic (exact) mass is 523 g/mol. The van der Waals surface area contributed by atoms with Gasteiger partial charge in [-0.2, -0.15) is 0 Å². The van der Waals surface area contributed by atoms with E-state index in [1.165, 1.54) is 4.90 Å². The van der Waals surface area contributed by atoms with Gasteiger partial charge in [0.25, 0.3) is 5.91 Å². The Morgan fingerprint density at radius 1 is 1.18 bits per heavy atom. The molecule has 0 saturated heterocycles. The van der Waals surface area contributed by atoms with Crippen molar-refractivity contribution < 1.29 is 29.0 Å². The number of aliphatic hydroxyl groups is 1. The molecule has 0 spiro atoms. The maximum atomic E-state index is 13.7. The van der Waals surface area contributed by atoms with Crippen LogP contribution in [0.1, 0.15) is 75.7 Å². The second-order valence-corrected chi connectivity index (χ2v) is 12.7. The Bertz CT molecular complexity index is 1180. The molecule has 5 rings (SSSR count). The maximum absolute atomic E-state index is 13.7. The summed E-state index contributed by atoms with van der Waals surface area (Å²) in [7, 11) is 1.57. The number of carbonyl (C=O) groups is 3. The Morgan fingerprint density at radius 3 is 2.61 bits per heavy atom. The summed E-state index contributed by atoms with van der Waals surface area (Å²) in [5, 5.41) is 11.7. The number of methoxy groups -OCH3 is 1. The van der Waals surface area contributed by atoms with Gasteiger partial charge in [-0.25, -0.2) is 9.69 Å². The highest BCUT2D eigenvalue weighted by Gasteiger charge is 2.68. The van der Waals surface area contributed by atoms with E-state index in [0.717, 1.165) is 24.8 Å². The number of aliphatic hydroxyl groups excluding tert-OH is 1. The number of nitrogens with zero attached hydrogens (tertiary/aromatic N) is 1. The largest absolute Gasteiger partial charge is 0.496 e. The van der Waals surface area contributed by atoms with Crippen molar-refractivity contribution in [3.8, 4) is 5.75 Å². The molecule has 7 nitrogen and oxygen atoms in total. The summed E-state index contributed by atoms with van der Waals surface area (Å²) in [5.41, 5.74) is -0.463. The summed E-state index contributed by atoms with van der Waals surface area (Å²) < 4.78 is 11.8. The number of fused-ring (bicyclic) bond motifs is 1. The van der Waals surface area contributed by atoms with Crippen LogP contribution in [0.5, 0.6) is 5.75 Å².